The van der Waals surface area contributed by atoms with Crippen molar-refractivity contribution < 1.29 is 78.9 Å². The number of thiazole rings is 1. The second-order valence-corrected chi connectivity index (χ2v) is 7.40. The zero-order valence-electron chi connectivity index (χ0n) is 14.2. The van der Waals surface area contributed by atoms with Crippen LogP contribution < -0.4 is 56.7 Å². The van der Waals surface area contributed by atoms with Crippen molar-refractivity contribution in [1.82, 2.24) is 4.98 Å². The van der Waals surface area contributed by atoms with E-state index in [4.69, 9.17) is 0 Å². The molecular formula is C16H9F3KN3O3S2. The van der Waals surface area contributed by atoms with Gasteiger partial charge in [0.25, 0.3) is 5.91 Å². The van der Waals surface area contributed by atoms with Crippen LogP contribution in [0.5, 0.6) is 0 Å². The number of hydrogen-bond donors (Lipinski definition) is 1. The first-order chi connectivity index (χ1) is 12.7. The largest absolute Gasteiger partial charge is 1.00 e. The van der Waals surface area contributed by atoms with Crippen LogP contribution in [0.1, 0.15) is 16.0 Å². The zero-order valence-corrected chi connectivity index (χ0v) is 19.0. The van der Waals surface area contributed by atoms with Gasteiger partial charge >= 0.3 is 57.6 Å². The monoisotopic (exact) mass is 451 g/mol. The normalized spacial score (nSPS) is 15.3. The van der Waals surface area contributed by atoms with E-state index in [1.165, 1.54) is 12.3 Å². The van der Waals surface area contributed by atoms with Crippen LogP contribution in [0.15, 0.2) is 41.4 Å². The van der Waals surface area contributed by atoms with Crippen LogP contribution in [0.3, 0.4) is 0 Å². The fraction of sp³-hybridized carbons (Fsp3) is 0.125. The van der Waals surface area contributed by atoms with Crippen LogP contribution in [-0.2, 0) is 22.2 Å². The maximum absolute atomic E-state index is 12.8. The van der Waals surface area contributed by atoms with Crippen molar-refractivity contribution in [3.8, 4) is 0 Å². The third-order valence-electron chi connectivity index (χ3n) is 3.28. The number of carbonyl (C=O) groups excluding carboxylic acids is 3. The minimum absolute atomic E-state index is 0. The van der Waals surface area contributed by atoms with Crippen LogP contribution in [-0.4, -0.2) is 22.0 Å². The van der Waals surface area contributed by atoms with Crippen LogP contribution in [0, 0.1) is 0 Å². The smallest absolute Gasteiger partial charge is 0.581 e. The van der Waals surface area contributed by atoms with Crippen molar-refractivity contribution in [3.63, 3.8) is 0 Å². The predicted molar refractivity (Wildman–Crippen MR) is 94.4 cm³/mol. The molecular weight excluding hydrogens is 442 g/mol. The Kier molecular flexibility index (Phi) is 8.02. The topological polar surface area (TPSA) is 90.2 Å². The Balaban J connectivity index is 0.00000280. The molecule has 12 heteroatoms. The Hall–Kier alpha value is -1.02. The van der Waals surface area contributed by atoms with E-state index < -0.39 is 28.8 Å². The Labute approximate surface area is 207 Å². The van der Waals surface area contributed by atoms with Gasteiger partial charge < -0.3 is 14.9 Å². The van der Waals surface area contributed by atoms with Gasteiger partial charge in [0.2, 0.25) is 0 Å². The van der Waals surface area contributed by atoms with E-state index in [2.05, 4.69) is 15.6 Å². The van der Waals surface area contributed by atoms with E-state index >= 15 is 0 Å². The Bertz CT molecular complexity index is 960. The van der Waals surface area contributed by atoms with Gasteiger partial charge in [-0.2, -0.15) is 13.2 Å². The second kappa shape index (κ2) is 9.65. The standard InChI is InChI=1S/C16H10F3N3O3S2.K/c17-16(18,19)9-3-1-2-8(4-9)5-10-7-20-14(26-10)21-12(23)6-11-13(24)22-15(25)27-11;/h1-4,6-7H,5H2,(H2,20,21,22,23,24,25);/q;+1/p-1/b11-6-;. The Morgan fingerprint density at radius 2 is 2.04 bits per heavy atom. The first-order valence-electron chi connectivity index (χ1n) is 7.32. The summed E-state index contributed by atoms with van der Waals surface area (Å²) in [6, 6.07) is 4.96. The van der Waals surface area contributed by atoms with Crippen molar-refractivity contribution in [1.29, 1.82) is 0 Å². The third-order valence-corrected chi connectivity index (χ3v) is 4.97. The average Bonchev–Trinajstić information content (AvgIpc) is 3.13. The SMILES string of the molecule is O=C(/C=C1\SC(=O)[N-]C1=O)Nc1ncc(Cc2cccc(C(F)(F)F)c2)s1.[K+]. The molecule has 0 saturated carbocycles. The molecule has 2 aromatic rings. The van der Waals surface area contributed by atoms with Gasteiger partial charge in [0.15, 0.2) is 5.13 Å². The van der Waals surface area contributed by atoms with Gasteiger partial charge in [0.05, 0.1) is 11.5 Å². The maximum atomic E-state index is 12.8. The molecule has 0 unspecified atom stereocenters. The summed E-state index contributed by atoms with van der Waals surface area (Å²) in [6.07, 6.45) is -1.79. The number of nitrogens with one attached hydrogen (secondary N) is 1. The molecule has 1 saturated heterocycles. The predicted octanol–water partition coefficient (Wildman–Crippen LogP) is 1.35. The van der Waals surface area contributed by atoms with E-state index in [0.717, 1.165) is 29.5 Å². The molecule has 1 aliphatic rings. The van der Waals surface area contributed by atoms with Gasteiger partial charge in [-0.15, -0.1) is 11.3 Å². The van der Waals surface area contributed by atoms with Crippen molar-refractivity contribution >= 4 is 45.3 Å². The number of imide groups is 1. The van der Waals surface area contributed by atoms with Crippen LogP contribution in [0.25, 0.3) is 5.32 Å². The molecule has 1 aliphatic heterocycles. The van der Waals surface area contributed by atoms with Crippen molar-refractivity contribution in [2.45, 2.75) is 12.6 Å². The molecule has 0 spiro atoms. The molecule has 0 atom stereocenters. The van der Waals surface area contributed by atoms with Crippen LogP contribution >= 0.6 is 23.1 Å². The molecule has 3 rings (SSSR count). The molecule has 6 nitrogen and oxygen atoms in total. The third kappa shape index (κ3) is 6.24. The van der Waals surface area contributed by atoms with E-state index in [1.54, 1.807) is 6.07 Å². The van der Waals surface area contributed by atoms with Gasteiger partial charge in [-0.05, 0) is 11.6 Å². The van der Waals surface area contributed by atoms with E-state index in [0.29, 0.717) is 22.2 Å². The summed E-state index contributed by atoms with van der Waals surface area (Å²) in [5, 5.41) is 5.13. The fourth-order valence-corrected chi connectivity index (χ4v) is 3.62. The second-order valence-electron chi connectivity index (χ2n) is 5.29. The van der Waals surface area contributed by atoms with E-state index in [1.807, 2.05) is 0 Å². The van der Waals surface area contributed by atoms with Crippen molar-refractivity contribution in [2.24, 2.45) is 0 Å². The molecule has 2 heterocycles. The number of halogens is 3. The zero-order chi connectivity index (χ0) is 19.6. The van der Waals surface area contributed by atoms with Crippen molar-refractivity contribution in [2.75, 3.05) is 5.32 Å². The molecule has 1 N–H and O–H groups in total. The summed E-state index contributed by atoms with van der Waals surface area (Å²) in [4.78, 5) is 38.7. The molecule has 28 heavy (non-hydrogen) atoms. The number of benzene rings is 1. The number of aromatic nitrogens is 1. The molecule has 140 valence electrons. The summed E-state index contributed by atoms with van der Waals surface area (Å²) in [6.45, 7) is 0. The van der Waals surface area contributed by atoms with E-state index in [-0.39, 0.29) is 67.8 Å². The number of thioether (sulfide) groups is 1. The summed E-state index contributed by atoms with van der Waals surface area (Å²) in [5.74, 6) is -1.43. The summed E-state index contributed by atoms with van der Waals surface area (Å²) >= 11 is 1.65. The first kappa shape index (κ1) is 23.3. The molecule has 1 aromatic carbocycles. The maximum Gasteiger partial charge on any atom is 1.00 e. The van der Waals surface area contributed by atoms with Gasteiger partial charge in [0, 0.05) is 28.5 Å². The molecule has 0 bridgehead atoms. The van der Waals surface area contributed by atoms with Crippen LogP contribution in [0.4, 0.5) is 23.1 Å². The molecule has 1 fully saturated rings. The Morgan fingerprint density at radius 3 is 2.68 bits per heavy atom. The quantitative estimate of drug-likeness (QED) is 0.560. The number of alkyl halides is 3. The number of anilines is 1. The van der Waals surface area contributed by atoms with Gasteiger partial charge in [-0.3, -0.25) is 10.1 Å². The molecule has 3 amide bonds. The number of hydrogen-bond acceptors (Lipinski definition) is 6. The Morgan fingerprint density at radius 1 is 1.29 bits per heavy atom. The van der Waals surface area contributed by atoms with Crippen molar-refractivity contribution in [3.05, 3.63) is 62.8 Å². The summed E-state index contributed by atoms with van der Waals surface area (Å²) < 4.78 is 38.3. The molecule has 0 aliphatic carbocycles. The first-order valence-corrected chi connectivity index (χ1v) is 8.95. The van der Waals surface area contributed by atoms with Gasteiger partial charge in [-0.25, -0.2) is 4.98 Å². The average molecular weight is 451 g/mol. The minimum Gasteiger partial charge on any atom is -0.581 e. The number of nitrogens with zero attached hydrogens (tertiary/aromatic N) is 2. The number of rotatable bonds is 4. The minimum atomic E-state index is -4.42. The molecule has 0 radical (unpaired) electrons. The number of carbonyl (C=O) groups is 3. The van der Waals surface area contributed by atoms with Crippen LogP contribution in [0.2, 0.25) is 0 Å². The van der Waals surface area contributed by atoms with Gasteiger partial charge in [-0.1, -0.05) is 30.0 Å². The van der Waals surface area contributed by atoms with E-state index in [9.17, 15) is 27.6 Å². The molecule has 1 aromatic heterocycles. The fourth-order valence-electron chi connectivity index (χ4n) is 2.16. The van der Waals surface area contributed by atoms with Gasteiger partial charge in [0.1, 0.15) is 5.24 Å². The summed E-state index contributed by atoms with van der Waals surface area (Å²) in [5.41, 5.74) is -0.273. The number of amides is 3. The summed E-state index contributed by atoms with van der Waals surface area (Å²) in [7, 11) is 0.